The van der Waals surface area contributed by atoms with Crippen molar-refractivity contribution in [1.29, 1.82) is 0 Å². The Kier molecular flexibility index (Phi) is 4.68. The number of halogens is 1. The van der Waals surface area contributed by atoms with E-state index in [2.05, 4.69) is 5.32 Å². The third-order valence-electron chi connectivity index (χ3n) is 4.33. The lowest BCUT2D eigenvalue weighted by Crippen LogP contribution is -2.46. The molecule has 2 fully saturated rings. The summed E-state index contributed by atoms with van der Waals surface area (Å²) in [6.45, 7) is 0.679. The largest absolute Gasteiger partial charge is 0.353 e. The highest BCUT2D eigenvalue weighted by atomic mass is 32.2. The van der Waals surface area contributed by atoms with Crippen LogP contribution in [-0.4, -0.2) is 37.8 Å². The van der Waals surface area contributed by atoms with Gasteiger partial charge in [-0.05, 0) is 43.4 Å². The Morgan fingerprint density at radius 2 is 1.91 bits per heavy atom. The number of rotatable bonds is 5. The van der Waals surface area contributed by atoms with Crippen LogP contribution in [-0.2, 0) is 20.6 Å². The summed E-state index contributed by atoms with van der Waals surface area (Å²) in [6, 6.07) is 5.76. The summed E-state index contributed by atoms with van der Waals surface area (Å²) >= 11 is 0. The van der Waals surface area contributed by atoms with Crippen molar-refractivity contribution in [3.05, 3.63) is 35.6 Å². The molecule has 1 unspecified atom stereocenters. The number of carbonyl (C=O) groups excluding carboxylic acids is 1. The van der Waals surface area contributed by atoms with Crippen LogP contribution in [0.5, 0.6) is 0 Å². The highest BCUT2D eigenvalue weighted by molar-refractivity contribution is 7.88. The van der Waals surface area contributed by atoms with Crippen LogP contribution >= 0.6 is 0 Å². The summed E-state index contributed by atoms with van der Waals surface area (Å²) in [5, 5.41) is 2.95. The Balaban J connectivity index is 1.64. The molecule has 1 saturated heterocycles. The predicted molar refractivity (Wildman–Crippen MR) is 84.5 cm³/mol. The standard InChI is InChI=1S/C16H21FN2O3S/c17-14-5-3-12(4-6-14)11-23(21,22)19-9-1-2-13(10-19)16(20)18-15-7-8-15/h3-6,13,15H,1-2,7-11H2,(H,18,20). The Morgan fingerprint density at radius 1 is 1.22 bits per heavy atom. The number of nitrogens with one attached hydrogen (secondary N) is 1. The van der Waals surface area contributed by atoms with Crippen LogP contribution in [0, 0.1) is 11.7 Å². The molecule has 1 heterocycles. The van der Waals surface area contributed by atoms with Gasteiger partial charge in [0.15, 0.2) is 0 Å². The van der Waals surface area contributed by atoms with Crippen molar-refractivity contribution in [3.8, 4) is 0 Å². The summed E-state index contributed by atoms with van der Waals surface area (Å²) in [7, 11) is -3.50. The van der Waals surface area contributed by atoms with E-state index >= 15 is 0 Å². The first-order valence-electron chi connectivity index (χ1n) is 7.97. The molecule has 1 amide bonds. The van der Waals surface area contributed by atoms with Crippen LogP contribution in [0.1, 0.15) is 31.2 Å². The van der Waals surface area contributed by atoms with E-state index in [1.807, 2.05) is 0 Å². The second kappa shape index (κ2) is 6.57. The Morgan fingerprint density at radius 3 is 2.57 bits per heavy atom. The zero-order valence-corrected chi connectivity index (χ0v) is 13.7. The smallest absolute Gasteiger partial charge is 0.224 e. The van der Waals surface area contributed by atoms with Gasteiger partial charge in [0, 0.05) is 19.1 Å². The van der Waals surface area contributed by atoms with Crippen molar-refractivity contribution in [3.63, 3.8) is 0 Å². The van der Waals surface area contributed by atoms with Gasteiger partial charge in [0.2, 0.25) is 15.9 Å². The normalized spacial score (nSPS) is 22.7. The number of hydrogen-bond donors (Lipinski definition) is 1. The second-order valence-corrected chi connectivity index (χ2v) is 8.33. The maximum absolute atomic E-state index is 12.9. The van der Waals surface area contributed by atoms with Gasteiger partial charge in [-0.3, -0.25) is 4.79 Å². The molecule has 5 nitrogen and oxygen atoms in total. The maximum Gasteiger partial charge on any atom is 0.224 e. The lowest BCUT2D eigenvalue weighted by Gasteiger charge is -2.31. The molecule has 0 radical (unpaired) electrons. The van der Waals surface area contributed by atoms with Gasteiger partial charge < -0.3 is 5.32 Å². The Bertz CT molecular complexity index is 671. The molecule has 1 aliphatic carbocycles. The summed E-state index contributed by atoms with van der Waals surface area (Å²) in [5.74, 6) is -0.855. The fourth-order valence-corrected chi connectivity index (χ4v) is 4.45. The van der Waals surface area contributed by atoms with Gasteiger partial charge in [0.1, 0.15) is 5.82 Å². The van der Waals surface area contributed by atoms with E-state index in [9.17, 15) is 17.6 Å². The van der Waals surface area contributed by atoms with Crippen molar-refractivity contribution < 1.29 is 17.6 Å². The molecule has 1 aromatic carbocycles. The quantitative estimate of drug-likeness (QED) is 0.886. The average Bonchev–Trinajstić information content (AvgIpc) is 3.33. The number of hydrogen-bond acceptors (Lipinski definition) is 3. The summed E-state index contributed by atoms with van der Waals surface area (Å²) < 4.78 is 39.4. The van der Waals surface area contributed by atoms with Gasteiger partial charge in [-0.15, -0.1) is 0 Å². The van der Waals surface area contributed by atoms with Gasteiger partial charge >= 0.3 is 0 Å². The fourth-order valence-electron chi connectivity index (χ4n) is 2.84. The molecule has 1 aromatic rings. The molecule has 1 atom stereocenters. The zero-order valence-electron chi connectivity index (χ0n) is 12.9. The molecule has 0 spiro atoms. The van der Waals surface area contributed by atoms with Gasteiger partial charge in [-0.1, -0.05) is 12.1 Å². The Hall–Kier alpha value is -1.47. The van der Waals surface area contributed by atoms with E-state index in [0.717, 1.165) is 19.3 Å². The van der Waals surface area contributed by atoms with Gasteiger partial charge in [-0.2, -0.15) is 0 Å². The second-order valence-electron chi connectivity index (χ2n) is 6.36. The predicted octanol–water partition coefficient (Wildman–Crippen LogP) is 1.65. The molecule has 1 aliphatic heterocycles. The van der Waals surface area contributed by atoms with E-state index in [4.69, 9.17) is 0 Å². The molecule has 1 N–H and O–H groups in total. The van der Waals surface area contributed by atoms with Crippen LogP contribution < -0.4 is 5.32 Å². The van der Waals surface area contributed by atoms with E-state index < -0.39 is 10.0 Å². The van der Waals surface area contributed by atoms with Gasteiger partial charge in [0.25, 0.3) is 0 Å². The molecule has 7 heteroatoms. The number of nitrogens with zero attached hydrogens (tertiary/aromatic N) is 1. The fraction of sp³-hybridized carbons (Fsp3) is 0.562. The topological polar surface area (TPSA) is 66.5 Å². The average molecular weight is 340 g/mol. The third-order valence-corrected chi connectivity index (χ3v) is 6.15. The summed E-state index contributed by atoms with van der Waals surface area (Å²) in [4.78, 5) is 12.1. The van der Waals surface area contributed by atoms with E-state index in [0.29, 0.717) is 18.5 Å². The molecule has 2 aliphatic rings. The number of amides is 1. The molecule has 0 aromatic heterocycles. The first kappa shape index (κ1) is 16.4. The molecule has 23 heavy (non-hydrogen) atoms. The monoisotopic (exact) mass is 340 g/mol. The Labute approximate surface area is 135 Å². The number of sulfonamides is 1. The highest BCUT2D eigenvalue weighted by Crippen LogP contribution is 2.24. The van der Waals surface area contributed by atoms with E-state index in [1.165, 1.54) is 28.6 Å². The van der Waals surface area contributed by atoms with Crippen molar-refractivity contribution in [2.45, 2.75) is 37.5 Å². The zero-order chi connectivity index (χ0) is 16.4. The summed E-state index contributed by atoms with van der Waals surface area (Å²) in [5.41, 5.74) is 0.552. The SMILES string of the molecule is O=C(NC1CC1)C1CCCN(S(=O)(=O)Cc2ccc(F)cc2)C1. The molecule has 0 bridgehead atoms. The van der Waals surface area contributed by atoms with Crippen molar-refractivity contribution in [1.82, 2.24) is 9.62 Å². The minimum atomic E-state index is -3.50. The van der Waals surface area contributed by atoms with Crippen LogP contribution in [0.3, 0.4) is 0 Å². The van der Waals surface area contributed by atoms with Gasteiger partial charge in [0.05, 0.1) is 11.7 Å². The van der Waals surface area contributed by atoms with Crippen LogP contribution in [0.4, 0.5) is 4.39 Å². The third kappa shape index (κ3) is 4.29. The lowest BCUT2D eigenvalue weighted by atomic mass is 9.99. The maximum atomic E-state index is 12.9. The first-order valence-corrected chi connectivity index (χ1v) is 9.57. The first-order chi connectivity index (χ1) is 10.9. The lowest BCUT2D eigenvalue weighted by molar-refractivity contribution is -0.126. The minimum Gasteiger partial charge on any atom is -0.353 e. The van der Waals surface area contributed by atoms with Crippen molar-refractivity contribution in [2.24, 2.45) is 5.92 Å². The van der Waals surface area contributed by atoms with Crippen LogP contribution in [0.15, 0.2) is 24.3 Å². The van der Waals surface area contributed by atoms with Crippen LogP contribution in [0.25, 0.3) is 0 Å². The molecular weight excluding hydrogens is 319 g/mol. The van der Waals surface area contributed by atoms with E-state index in [-0.39, 0.29) is 36.0 Å². The van der Waals surface area contributed by atoms with Gasteiger partial charge in [-0.25, -0.2) is 17.1 Å². The number of carbonyl (C=O) groups is 1. The van der Waals surface area contributed by atoms with Crippen molar-refractivity contribution >= 4 is 15.9 Å². The summed E-state index contributed by atoms with van der Waals surface area (Å²) in [6.07, 6.45) is 3.45. The van der Waals surface area contributed by atoms with E-state index in [1.54, 1.807) is 0 Å². The molecular formula is C16H21FN2O3S. The van der Waals surface area contributed by atoms with Crippen molar-refractivity contribution in [2.75, 3.05) is 13.1 Å². The van der Waals surface area contributed by atoms with Crippen LogP contribution in [0.2, 0.25) is 0 Å². The number of benzene rings is 1. The number of piperidine rings is 1. The minimum absolute atomic E-state index is 0.0332. The molecule has 126 valence electrons. The molecule has 3 rings (SSSR count). The molecule has 1 saturated carbocycles. The highest BCUT2D eigenvalue weighted by Gasteiger charge is 2.34.